The first-order chi connectivity index (χ1) is 13.1. The Morgan fingerprint density at radius 2 is 2.11 bits per heavy atom. The smallest absolute Gasteiger partial charge is 0.290 e. The number of hydrogen-bond acceptors (Lipinski definition) is 5. The molecular weight excluding hydrogens is 369 g/mol. The molecule has 1 N–H and O–H groups in total. The second-order valence-corrected chi connectivity index (χ2v) is 7.53. The standard InChI is InChI=1S/C20H18FNO4S/c21-14-7-2-1-6-13(14)17-16(18(23)15-8-4-10-27-15)19(24)20(25)22(17)11-12-5-3-9-26-12/h1-2,4,6-8,10,12,17,24H,3,5,9,11H2/t12-,17+/m0/s1. The van der Waals surface area contributed by atoms with Gasteiger partial charge in [-0.2, -0.15) is 0 Å². The molecule has 2 atom stereocenters. The van der Waals surface area contributed by atoms with Crippen molar-refractivity contribution in [1.82, 2.24) is 4.90 Å². The quantitative estimate of drug-likeness (QED) is 0.796. The van der Waals surface area contributed by atoms with Crippen molar-refractivity contribution < 1.29 is 23.8 Å². The Bertz CT molecular complexity index is 902. The maximum Gasteiger partial charge on any atom is 0.290 e. The predicted octanol–water partition coefficient (Wildman–Crippen LogP) is 3.64. The average Bonchev–Trinajstić information content (AvgIpc) is 3.40. The molecule has 27 heavy (non-hydrogen) atoms. The summed E-state index contributed by atoms with van der Waals surface area (Å²) in [5.41, 5.74) is 0.110. The van der Waals surface area contributed by atoms with Gasteiger partial charge >= 0.3 is 0 Å². The molecule has 1 amide bonds. The van der Waals surface area contributed by atoms with Gasteiger partial charge in [-0.05, 0) is 30.4 Å². The van der Waals surface area contributed by atoms with Crippen molar-refractivity contribution in [2.75, 3.05) is 13.2 Å². The molecule has 1 aromatic heterocycles. The first-order valence-corrected chi connectivity index (χ1v) is 9.64. The van der Waals surface area contributed by atoms with Crippen LogP contribution in [-0.2, 0) is 9.53 Å². The van der Waals surface area contributed by atoms with Crippen molar-refractivity contribution in [1.29, 1.82) is 0 Å². The zero-order chi connectivity index (χ0) is 19.0. The summed E-state index contributed by atoms with van der Waals surface area (Å²) >= 11 is 1.21. The highest BCUT2D eigenvalue weighted by molar-refractivity contribution is 7.12. The predicted molar refractivity (Wildman–Crippen MR) is 98.1 cm³/mol. The van der Waals surface area contributed by atoms with Crippen LogP contribution in [0.5, 0.6) is 0 Å². The molecule has 7 heteroatoms. The lowest BCUT2D eigenvalue weighted by atomic mass is 9.95. The van der Waals surface area contributed by atoms with Gasteiger partial charge in [0, 0.05) is 18.7 Å². The molecule has 1 aromatic carbocycles. The lowest BCUT2D eigenvalue weighted by Gasteiger charge is -2.29. The van der Waals surface area contributed by atoms with Crippen LogP contribution in [0.25, 0.3) is 0 Å². The summed E-state index contributed by atoms with van der Waals surface area (Å²) in [6.45, 7) is 0.806. The van der Waals surface area contributed by atoms with Gasteiger partial charge in [0.1, 0.15) is 5.82 Å². The van der Waals surface area contributed by atoms with Crippen LogP contribution in [0, 0.1) is 5.82 Å². The second-order valence-electron chi connectivity index (χ2n) is 6.59. The molecule has 0 radical (unpaired) electrons. The van der Waals surface area contributed by atoms with Gasteiger partial charge in [-0.25, -0.2) is 4.39 Å². The topological polar surface area (TPSA) is 66.8 Å². The van der Waals surface area contributed by atoms with Crippen molar-refractivity contribution in [3.8, 4) is 0 Å². The molecule has 0 bridgehead atoms. The first kappa shape index (κ1) is 17.9. The average molecular weight is 387 g/mol. The molecule has 4 rings (SSSR count). The number of ketones is 1. The first-order valence-electron chi connectivity index (χ1n) is 8.76. The van der Waals surface area contributed by atoms with Gasteiger partial charge < -0.3 is 14.7 Å². The van der Waals surface area contributed by atoms with E-state index < -0.39 is 29.3 Å². The molecule has 140 valence electrons. The summed E-state index contributed by atoms with van der Waals surface area (Å²) in [5.74, 6) is -2.27. The summed E-state index contributed by atoms with van der Waals surface area (Å²) in [4.78, 5) is 27.5. The van der Waals surface area contributed by atoms with Crippen LogP contribution in [0.1, 0.15) is 34.1 Å². The molecule has 0 saturated carbocycles. The highest BCUT2D eigenvalue weighted by Crippen LogP contribution is 2.40. The Hall–Kier alpha value is -2.51. The van der Waals surface area contributed by atoms with Gasteiger partial charge in [0.15, 0.2) is 5.76 Å². The molecule has 2 aromatic rings. The van der Waals surface area contributed by atoms with Crippen molar-refractivity contribution in [3.05, 3.63) is 69.4 Å². The zero-order valence-electron chi connectivity index (χ0n) is 14.4. The molecule has 1 saturated heterocycles. The number of halogens is 1. The van der Waals surface area contributed by atoms with E-state index in [2.05, 4.69) is 0 Å². The van der Waals surface area contributed by atoms with Crippen molar-refractivity contribution in [2.24, 2.45) is 0 Å². The van der Waals surface area contributed by atoms with E-state index in [4.69, 9.17) is 4.74 Å². The third-order valence-electron chi connectivity index (χ3n) is 4.92. The molecule has 0 spiro atoms. The van der Waals surface area contributed by atoms with E-state index in [1.165, 1.54) is 28.4 Å². The van der Waals surface area contributed by atoms with E-state index in [1.807, 2.05) is 0 Å². The fraction of sp³-hybridized carbons (Fsp3) is 0.300. The number of hydrogen-bond donors (Lipinski definition) is 1. The molecule has 2 aliphatic heterocycles. The van der Waals surface area contributed by atoms with E-state index in [-0.39, 0.29) is 23.8 Å². The number of aliphatic hydroxyl groups is 1. The zero-order valence-corrected chi connectivity index (χ0v) is 15.2. The fourth-order valence-corrected chi connectivity index (χ4v) is 4.32. The number of aliphatic hydroxyl groups excluding tert-OH is 1. The summed E-state index contributed by atoms with van der Waals surface area (Å²) in [6, 6.07) is 8.38. The Labute approximate surface area is 159 Å². The lowest BCUT2D eigenvalue weighted by molar-refractivity contribution is -0.131. The fourth-order valence-electron chi connectivity index (χ4n) is 3.64. The summed E-state index contributed by atoms with van der Waals surface area (Å²) < 4.78 is 20.2. The number of carbonyl (C=O) groups is 2. The monoisotopic (exact) mass is 387 g/mol. The molecule has 5 nitrogen and oxygen atoms in total. The maximum absolute atomic E-state index is 14.6. The van der Waals surface area contributed by atoms with E-state index >= 15 is 0 Å². The van der Waals surface area contributed by atoms with Gasteiger partial charge in [-0.1, -0.05) is 24.3 Å². The van der Waals surface area contributed by atoms with Crippen LogP contribution in [0.2, 0.25) is 0 Å². The third-order valence-corrected chi connectivity index (χ3v) is 5.79. The minimum absolute atomic E-state index is 0.0782. The number of thiophene rings is 1. The van der Waals surface area contributed by atoms with E-state index in [0.717, 1.165) is 12.8 Å². The summed E-state index contributed by atoms with van der Waals surface area (Å²) in [6.07, 6.45) is 1.48. The van der Waals surface area contributed by atoms with Crippen LogP contribution in [-0.4, -0.2) is 41.0 Å². The molecule has 1 fully saturated rings. The Kier molecular flexibility index (Phi) is 4.80. The minimum Gasteiger partial charge on any atom is -0.503 e. The Morgan fingerprint density at radius 1 is 1.30 bits per heavy atom. The number of ether oxygens (including phenoxy) is 1. The van der Waals surface area contributed by atoms with Crippen LogP contribution < -0.4 is 0 Å². The Balaban J connectivity index is 1.78. The van der Waals surface area contributed by atoms with Crippen LogP contribution in [0.4, 0.5) is 4.39 Å². The van der Waals surface area contributed by atoms with Crippen LogP contribution >= 0.6 is 11.3 Å². The van der Waals surface area contributed by atoms with E-state index in [9.17, 15) is 19.1 Å². The van der Waals surface area contributed by atoms with Gasteiger partial charge in [0.25, 0.3) is 5.91 Å². The van der Waals surface area contributed by atoms with E-state index in [1.54, 1.807) is 29.6 Å². The van der Waals surface area contributed by atoms with Gasteiger partial charge in [0.2, 0.25) is 5.78 Å². The number of amides is 1. The van der Waals surface area contributed by atoms with Crippen molar-refractivity contribution in [2.45, 2.75) is 25.0 Å². The third kappa shape index (κ3) is 3.17. The van der Waals surface area contributed by atoms with Crippen molar-refractivity contribution >= 4 is 23.0 Å². The molecule has 0 unspecified atom stereocenters. The SMILES string of the molecule is O=C(C1=C(O)C(=O)N(C[C@@H]2CCCO2)[C@@H]1c1ccccc1F)c1cccs1. The number of benzene rings is 1. The molecule has 0 aliphatic carbocycles. The second kappa shape index (κ2) is 7.25. The van der Waals surface area contributed by atoms with Gasteiger partial charge in [0.05, 0.1) is 22.6 Å². The molecular formula is C20H18FNO4S. The van der Waals surface area contributed by atoms with E-state index in [0.29, 0.717) is 11.5 Å². The highest BCUT2D eigenvalue weighted by atomic mass is 32.1. The maximum atomic E-state index is 14.6. The summed E-state index contributed by atoms with van der Waals surface area (Å²) in [7, 11) is 0. The largest absolute Gasteiger partial charge is 0.503 e. The molecule has 2 aliphatic rings. The van der Waals surface area contributed by atoms with Crippen LogP contribution in [0.15, 0.2) is 53.1 Å². The van der Waals surface area contributed by atoms with Crippen LogP contribution in [0.3, 0.4) is 0 Å². The lowest BCUT2D eigenvalue weighted by Crippen LogP contribution is -2.37. The summed E-state index contributed by atoms with van der Waals surface area (Å²) in [5, 5.41) is 12.2. The Morgan fingerprint density at radius 3 is 2.78 bits per heavy atom. The number of nitrogens with zero attached hydrogens (tertiary/aromatic N) is 1. The highest BCUT2D eigenvalue weighted by Gasteiger charge is 2.45. The van der Waals surface area contributed by atoms with Gasteiger partial charge in [-0.15, -0.1) is 11.3 Å². The molecule has 3 heterocycles. The number of Topliss-reactive ketones (excluding diaryl/α,β-unsaturated/α-hetero) is 1. The number of rotatable bonds is 5. The van der Waals surface area contributed by atoms with Gasteiger partial charge in [-0.3, -0.25) is 9.59 Å². The number of carbonyl (C=O) groups excluding carboxylic acids is 2. The van der Waals surface area contributed by atoms with Crippen molar-refractivity contribution in [3.63, 3.8) is 0 Å². The minimum atomic E-state index is -0.975. The normalized spacial score (nSPS) is 22.7.